The number of carbonyl (C=O) groups excluding carboxylic acids is 1. The molecule has 0 unspecified atom stereocenters. The Kier molecular flexibility index (Phi) is 5.58. The van der Waals surface area contributed by atoms with Crippen molar-refractivity contribution in [2.45, 2.75) is 11.8 Å². The molecule has 0 aliphatic carbocycles. The zero-order chi connectivity index (χ0) is 17.7. The fourth-order valence-corrected chi connectivity index (χ4v) is 3.00. The van der Waals surface area contributed by atoms with Crippen LogP contribution in [-0.4, -0.2) is 39.3 Å². The van der Waals surface area contributed by atoms with Crippen LogP contribution < -0.4 is 10.1 Å². The number of carbonyl (C=O) groups is 1. The fourth-order valence-electron chi connectivity index (χ4n) is 2.05. The Morgan fingerprint density at radius 2 is 1.83 bits per heavy atom. The number of rotatable bonds is 6. The van der Waals surface area contributed by atoms with Gasteiger partial charge in [-0.05, 0) is 37.3 Å². The number of hydrogen-bond donors (Lipinski definition) is 1. The summed E-state index contributed by atoms with van der Waals surface area (Å²) in [5.74, 6) is 0.156. The van der Waals surface area contributed by atoms with E-state index in [-0.39, 0.29) is 10.5 Å². The molecule has 6 nitrogen and oxygen atoms in total. The van der Waals surface area contributed by atoms with Crippen molar-refractivity contribution in [1.29, 1.82) is 0 Å². The first-order valence-corrected chi connectivity index (χ1v) is 8.86. The van der Waals surface area contributed by atoms with Gasteiger partial charge in [0.1, 0.15) is 5.75 Å². The van der Waals surface area contributed by atoms with Gasteiger partial charge in [0.15, 0.2) is 0 Å². The van der Waals surface area contributed by atoms with Crippen molar-refractivity contribution in [1.82, 2.24) is 4.31 Å². The molecule has 0 aromatic heterocycles. The van der Waals surface area contributed by atoms with Gasteiger partial charge in [0.2, 0.25) is 10.0 Å². The summed E-state index contributed by atoms with van der Waals surface area (Å²) in [6, 6.07) is 13.0. The third-order valence-electron chi connectivity index (χ3n) is 3.31. The number of amides is 1. The van der Waals surface area contributed by atoms with Crippen LogP contribution in [0.4, 0.5) is 5.69 Å². The number of hydrogen-bond acceptors (Lipinski definition) is 4. The maximum absolute atomic E-state index is 12.4. The summed E-state index contributed by atoms with van der Waals surface area (Å²) in [5, 5.41) is 2.75. The molecule has 1 N–H and O–H groups in total. The van der Waals surface area contributed by atoms with Gasteiger partial charge in [0.05, 0.1) is 17.2 Å². The van der Waals surface area contributed by atoms with Crippen LogP contribution in [0.15, 0.2) is 53.4 Å². The molecule has 0 fully saturated rings. The van der Waals surface area contributed by atoms with Crippen molar-refractivity contribution in [3.8, 4) is 5.75 Å². The lowest BCUT2D eigenvalue weighted by atomic mass is 10.2. The maximum atomic E-state index is 12.4. The third-order valence-corrected chi connectivity index (χ3v) is 5.12. The van der Waals surface area contributed by atoms with Gasteiger partial charge in [-0.15, -0.1) is 0 Å². The van der Waals surface area contributed by atoms with E-state index in [1.807, 2.05) is 13.0 Å². The van der Waals surface area contributed by atoms with Crippen molar-refractivity contribution in [2.24, 2.45) is 0 Å². The Morgan fingerprint density at radius 3 is 2.50 bits per heavy atom. The van der Waals surface area contributed by atoms with Crippen LogP contribution in [0.5, 0.6) is 5.75 Å². The van der Waals surface area contributed by atoms with Crippen molar-refractivity contribution in [2.75, 3.05) is 26.0 Å². The molecule has 0 aliphatic rings. The lowest BCUT2D eigenvalue weighted by Gasteiger charge is -2.13. The van der Waals surface area contributed by atoms with Gasteiger partial charge in [-0.2, -0.15) is 0 Å². The molecule has 1 amide bonds. The van der Waals surface area contributed by atoms with Gasteiger partial charge in [-0.3, -0.25) is 4.79 Å². The van der Waals surface area contributed by atoms with Gasteiger partial charge in [-0.1, -0.05) is 18.2 Å². The van der Waals surface area contributed by atoms with Gasteiger partial charge in [-0.25, -0.2) is 12.7 Å². The van der Waals surface area contributed by atoms with Crippen molar-refractivity contribution in [3.05, 3.63) is 54.1 Å². The Labute approximate surface area is 142 Å². The van der Waals surface area contributed by atoms with Crippen LogP contribution in [0.1, 0.15) is 17.3 Å². The molecule has 128 valence electrons. The van der Waals surface area contributed by atoms with Crippen LogP contribution in [0.2, 0.25) is 0 Å². The number of sulfonamides is 1. The Bertz CT molecular complexity index is 832. The highest BCUT2D eigenvalue weighted by molar-refractivity contribution is 7.89. The van der Waals surface area contributed by atoms with Crippen molar-refractivity contribution >= 4 is 21.6 Å². The molecule has 2 aromatic carbocycles. The molecule has 0 heterocycles. The second kappa shape index (κ2) is 7.46. The standard InChI is InChI=1S/C17H20N2O4S/c1-4-23-16-11-6-5-10-15(16)18-17(20)13-8-7-9-14(12-13)24(21,22)19(2)3/h5-12H,4H2,1-3H3,(H,18,20). The summed E-state index contributed by atoms with van der Waals surface area (Å²) in [7, 11) is -0.704. The third kappa shape index (κ3) is 3.93. The van der Waals surface area contributed by atoms with Gasteiger partial charge in [0.25, 0.3) is 5.91 Å². The minimum absolute atomic E-state index is 0.0678. The van der Waals surface area contributed by atoms with Crippen LogP contribution >= 0.6 is 0 Å². The van der Waals surface area contributed by atoms with Gasteiger partial charge in [0, 0.05) is 19.7 Å². The maximum Gasteiger partial charge on any atom is 0.255 e. The molecular formula is C17H20N2O4S. The van der Waals surface area contributed by atoms with E-state index in [0.29, 0.717) is 18.0 Å². The minimum atomic E-state index is -3.59. The Morgan fingerprint density at radius 1 is 1.12 bits per heavy atom. The van der Waals surface area contributed by atoms with E-state index in [0.717, 1.165) is 4.31 Å². The van der Waals surface area contributed by atoms with E-state index >= 15 is 0 Å². The van der Waals surface area contributed by atoms with E-state index in [1.165, 1.54) is 26.2 Å². The first-order valence-electron chi connectivity index (χ1n) is 7.42. The molecule has 2 rings (SSSR count). The number of para-hydroxylation sites is 2. The summed E-state index contributed by atoms with van der Waals surface area (Å²) in [5.41, 5.74) is 0.787. The number of ether oxygens (including phenoxy) is 1. The molecule has 0 radical (unpaired) electrons. The lowest BCUT2D eigenvalue weighted by molar-refractivity contribution is 0.102. The van der Waals surface area contributed by atoms with E-state index < -0.39 is 15.9 Å². The topological polar surface area (TPSA) is 75.7 Å². The van der Waals surface area contributed by atoms with Crippen molar-refractivity contribution in [3.63, 3.8) is 0 Å². The van der Waals surface area contributed by atoms with Gasteiger partial charge < -0.3 is 10.1 Å². The number of benzene rings is 2. The monoisotopic (exact) mass is 348 g/mol. The highest BCUT2D eigenvalue weighted by atomic mass is 32.2. The Hall–Kier alpha value is -2.38. The predicted molar refractivity (Wildman–Crippen MR) is 92.9 cm³/mol. The van der Waals surface area contributed by atoms with Crippen molar-refractivity contribution < 1.29 is 17.9 Å². The summed E-state index contributed by atoms with van der Waals surface area (Å²) in [4.78, 5) is 12.5. The highest BCUT2D eigenvalue weighted by Crippen LogP contribution is 2.24. The molecule has 7 heteroatoms. The van der Waals surface area contributed by atoms with Crippen LogP contribution in [-0.2, 0) is 10.0 Å². The quantitative estimate of drug-likeness (QED) is 0.870. The largest absolute Gasteiger partial charge is 0.492 e. The zero-order valence-electron chi connectivity index (χ0n) is 13.8. The van der Waals surface area contributed by atoms with E-state index in [4.69, 9.17) is 4.74 Å². The molecule has 0 aliphatic heterocycles. The molecule has 0 spiro atoms. The fraction of sp³-hybridized carbons (Fsp3) is 0.235. The van der Waals surface area contributed by atoms with Crippen LogP contribution in [0.3, 0.4) is 0 Å². The lowest BCUT2D eigenvalue weighted by Crippen LogP contribution is -2.22. The minimum Gasteiger partial charge on any atom is -0.492 e. The number of nitrogens with zero attached hydrogens (tertiary/aromatic N) is 1. The molecule has 0 saturated carbocycles. The first kappa shape index (κ1) is 18.0. The number of nitrogens with one attached hydrogen (secondary N) is 1. The predicted octanol–water partition coefficient (Wildman–Crippen LogP) is 2.59. The normalized spacial score (nSPS) is 11.3. The van der Waals surface area contributed by atoms with E-state index in [9.17, 15) is 13.2 Å². The second-order valence-electron chi connectivity index (χ2n) is 5.20. The molecule has 0 atom stereocenters. The zero-order valence-corrected chi connectivity index (χ0v) is 14.6. The summed E-state index contributed by atoms with van der Waals surface area (Å²) in [6.07, 6.45) is 0. The van der Waals surface area contributed by atoms with Crippen LogP contribution in [0, 0.1) is 0 Å². The van der Waals surface area contributed by atoms with E-state index in [2.05, 4.69) is 5.32 Å². The summed E-state index contributed by atoms with van der Waals surface area (Å²) in [6.45, 7) is 2.33. The van der Waals surface area contributed by atoms with E-state index in [1.54, 1.807) is 30.3 Å². The first-order chi connectivity index (χ1) is 11.4. The second-order valence-corrected chi connectivity index (χ2v) is 7.35. The molecule has 0 bridgehead atoms. The molecule has 0 saturated heterocycles. The average molecular weight is 348 g/mol. The Balaban J connectivity index is 2.29. The smallest absolute Gasteiger partial charge is 0.255 e. The SMILES string of the molecule is CCOc1ccccc1NC(=O)c1cccc(S(=O)(=O)N(C)C)c1. The summed E-state index contributed by atoms with van der Waals surface area (Å²) < 4.78 is 30.9. The number of anilines is 1. The highest BCUT2D eigenvalue weighted by Gasteiger charge is 2.19. The average Bonchev–Trinajstić information content (AvgIpc) is 2.57. The molecule has 24 heavy (non-hydrogen) atoms. The van der Waals surface area contributed by atoms with Crippen LogP contribution in [0.25, 0.3) is 0 Å². The molecule has 2 aromatic rings. The molecular weight excluding hydrogens is 328 g/mol. The summed E-state index contributed by atoms with van der Waals surface area (Å²) >= 11 is 0. The van der Waals surface area contributed by atoms with Gasteiger partial charge >= 0.3 is 0 Å².